The lowest BCUT2D eigenvalue weighted by Gasteiger charge is -2.50. The molecule has 0 aromatic heterocycles. The molecule has 3 heterocycles. The lowest BCUT2D eigenvalue weighted by atomic mass is 9.91. The molecule has 36 heavy (non-hydrogen) atoms. The number of β-lactam (4-membered cyclic amide) rings is 1. The fraction of sp³-hybridized carbons (Fsp3) is 0.640. The smallest absolute Gasteiger partial charge is 0.302 e. The molecule has 0 unspecified atom stereocenters. The summed E-state index contributed by atoms with van der Waals surface area (Å²) in [7, 11) is 1.58. The van der Waals surface area contributed by atoms with E-state index in [1.807, 2.05) is 13.8 Å². The number of ether oxygens (including phenoxy) is 7. The van der Waals surface area contributed by atoms with E-state index in [4.69, 9.17) is 33.2 Å². The summed E-state index contributed by atoms with van der Waals surface area (Å²) in [5, 5.41) is 0. The largest absolute Gasteiger partial charge is 0.497 e. The van der Waals surface area contributed by atoms with Crippen molar-refractivity contribution in [3.63, 3.8) is 0 Å². The molecule has 0 aliphatic carbocycles. The molecule has 3 saturated heterocycles. The van der Waals surface area contributed by atoms with Crippen LogP contribution in [-0.4, -0.2) is 80.7 Å². The Kier molecular flexibility index (Phi) is 7.84. The first-order chi connectivity index (χ1) is 17.1. The highest BCUT2D eigenvalue weighted by Gasteiger charge is 2.57. The Morgan fingerprint density at radius 3 is 2.42 bits per heavy atom. The number of esters is 2. The summed E-state index contributed by atoms with van der Waals surface area (Å²) < 4.78 is 39.7. The van der Waals surface area contributed by atoms with Gasteiger partial charge in [0, 0.05) is 26.0 Å². The van der Waals surface area contributed by atoms with Gasteiger partial charge >= 0.3 is 11.9 Å². The summed E-state index contributed by atoms with van der Waals surface area (Å²) in [6.45, 7) is 6.43. The van der Waals surface area contributed by atoms with Crippen LogP contribution in [0.3, 0.4) is 0 Å². The second kappa shape index (κ2) is 10.7. The predicted molar refractivity (Wildman–Crippen MR) is 124 cm³/mol. The molecule has 3 aliphatic rings. The number of anilines is 1. The van der Waals surface area contributed by atoms with Crippen molar-refractivity contribution < 1.29 is 47.5 Å². The van der Waals surface area contributed by atoms with Crippen molar-refractivity contribution in [2.45, 2.75) is 83.1 Å². The third-order valence-corrected chi connectivity index (χ3v) is 6.35. The van der Waals surface area contributed by atoms with Crippen LogP contribution < -0.4 is 9.64 Å². The molecule has 6 atom stereocenters. The van der Waals surface area contributed by atoms with E-state index in [0.717, 1.165) is 0 Å². The van der Waals surface area contributed by atoms with Gasteiger partial charge in [-0.05, 0) is 44.5 Å². The van der Waals surface area contributed by atoms with Crippen LogP contribution in [0.4, 0.5) is 5.69 Å². The second-order valence-corrected chi connectivity index (χ2v) is 9.45. The van der Waals surface area contributed by atoms with Crippen LogP contribution in [0.1, 0.15) is 40.5 Å². The fourth-order valence-electron chi connectivity index (χ4n) is 4.70. The van der Waals surface area contributed by atoms with Crippen molar-refractivity contribution in [2.75, 3.05) is 25.2 Å². The van der Waals surface area contributed by atoms with Crippen LogP contribution in [0.2, 0.25) is 0 Å². The Balaban J connectivity index is 1.49. The highest BCUT2D eigenvalue weighted by molar-refractivity contribution is 6.05. The molecule has 1 aromatic carbocycles. The third kappa shape index (κ3) is 5.80. The van der Waals surface area contributed by atoms with Gasteiger partial charge in [0.05, 0.1) is 13.7 Å². The lowest BCUT2D eigenvalue weighted by Crippen LogP contribution is -2.71. The Hall–Kier alpha value is -2.73. The maximum absolute atomic E-state index is 13.3. The quantitative estimate of drug-likeness (QED) is 0.381. The van der Waals surface area contributed by atoms with Crippen LogP contribution in [-0.2, 0) is 42.8 Å². The number of benzene rings is 1. The SMILES string of the molecule is COc1ccc(N2C(=O)[C@H](O[C@@H]3CC[C@H](OC(C)=O)[C@@H](COC(C)=O)O3)[C@@H]2[C@H]2COC(C)(C)O2)cc1. The van der Waals surface area contributed by atoms with E-state index >= 15 is 0 Å². The van der Waals surface area contributed by atoms with Crippen LogP contribution in [0.25, 0.3) is 0 Å². The maximum Gasteiger partial charge on any atom is 0.302 e. The Labute approximate surface area is 209 Å². The molecule has 3 fully saturated rings. The number of carbonyl (C=O) groups is 3. The van der Waals surface area contributed by atoms with E-state index in [-0.39, 0.29) is 12.5 Å². The molecule has 3 aliphatic heterocycles. The van der Waals surface area contributed by atoms with E-state index in [0.29, 0.717) is 30.9 Å². The summed E-state index contributed by atoms with van der Waals surface area (Å²) in [4.78, 5) is 37.8. The fourth-order valence-corrected chi connectivity index (χ4v) is 4.70. The number of carbonyl (C=O) groups excluding carboxylic acids is 3. The van der Waals surface area contributed by atoms with Gasteiger partial charge in [-0.1, -0.05) is 0 Å². The molecule has 198 valence electrons. The van der Waals surface area contributed by atoms with Crippen molar-refractivity contribution >= 4 is 23.5 Å². The Bertz CT molecular complexity index is 964. The zero-order valence-electron chi connectivity index (χ0n) is 21.1. The normalized spacial score (nSPS) is 31.5. The number of amides is 1. The van der Waals surface area contributed by atoms with Crippen LogP contribution in [0, 0.1) is 0 Å². The number of nitrogens with zero attached hydrogens (tertiary/aromatic N) is 1. The van der Waals surface area contributed by atoms with Crippen molar-refractivity contribution in [1.82, 2.24) is 0 Å². The molecule has 1 aromatic rings. The first-order valence-electron chi connectivity index (χ1n) is 12.0. The first kappa shape index (κ1) is 26.3. The average Bonchev–Trinajstić information content (AvgIpc) is 3.19. The molecular weight excluding hydrogens is 474 g/mol. The predicted octanol–water partition coefficient (Wildman–Crippen LogP) is 1.95. The minimum Gasteiger partial charge on any atom is -0.497 e. The van der Waals surface area contributed by atoms with E-state index in [1.165, 1.54) is 13.8 Å². The van der Waals surface area contributed by atoms with Gasteiger partial charge in [0.25, 0.3) is 5.91 Å². The second-order valence-electron chi connectivity index (χ2n) is 9.45. The minimum absolute atomic E-state index is 0.0963. The number of hydrogen-bond acceptors (Lipinski definition) is 10. The lowest BCUT2D eigenvalue weighted by molar-refractivity contribution is -0.258. The third-order valence-electron chi connectivity index (χ3n) is 6.35. The summed E-state index contributed by atoms with van der Waals surface area (Å²) in [5.41, 5.74) is 0.686. The van der Waals surface area contributed by atoms with Crippen molar-refractivity contribution in [3.8, 4) is 5.75 Å². The van der Waals surface area contributed by atoms with Gasteiger partial charge in [0.2, 0.25) is 0 Å². The molecule has 0 saturated carbocycles. The van der Waals surface area contributed by atoms with E-state index in [2.05, 4.69) is 0 Å². The Morgan fingerprint density at radius 2 is 1.83 bits per heavy atom. The van der Waals surface area contributed by atoms with Gasteiger partial charge in [0.1, 0.15) is 36.7 Å². The molecule has 0 radical (unpaired) electrons. The Morgan fingerprint density at radius 1 is 1.11 bits per heavy atom. The molecule has 11 heteroatoms. The topological polar surface area (TPSA) is 119 Å². The van der Waals surface area contributed by atoms with Crippen LogP contribution in [0.15, 0.2) is 24.3 Å². The van der Waals surface area contributed by atoms with Gasteiger partial charge in [-0.25, -0.2) is 0 Å². The number of hydrogen-bond donors (Lipinski definition) is 0. The molecule has 0 spiro atoms. The summed E-state index contributed by atoms with van der Waals surface area (Å²) in [6, 6.07) is 6.72. The molecule has 0 N–H and O–H groups in total. The van der Waals surface area contributed by atoms with E-state index in [1.54, 1.807) is 36.3 Å². The van der Waals surface area contributed by atoms with Crippen molar-refractivity contribution in [3.05, 3.63) is 24.3 Å². The van der Waals surface area contributed by atoms with Gasteiger partial charge in [0.15, 0.2) is 18.2 Å². The van der Waals surface area contributed by atoms with Crippen molar-refractivity contribution in [2.24, 2.45) is 0 Å². The zero-order chi connectivity index (χ0) is 26.0. The standard InChI is InChI=1S/C25H33NO10/c1-14(27)31-12-19-18(33-15(2)28)10-11-21(34-19)35-23-22(20-13-32-25(3,4)36-20)26(24(23)29)16-6-8-17(30-5)9-7-16/h6-9,18-23H,10-13H2,1-5H3/t18-,19+,20+,21+,22-,23+/m0/s1. The summed E-state index contributed by atoms with van der Waals surface area (Å²) in [5.74, 6) is -1.28. The monoisotopic (exact) mass is 507 g/mol. The van der Waals surface area contributed by atoms with Gasteiger partial charge in [-0.3, -0.25) is 14.4 Å². The summed E-state index contributed by atoms with van der Waals surface area (Å²) >= 11 is 0. The van der Waals surface area contributed by atoms with Crippen molar-refractivity contribution in [1.29, 1.82) is 0 Å². The van der Waals surface area contributed by atoms with Crippen LogP contribution >= 0.6 is 0 Å². The first-order valence-corrected chi connectivity index (χ1v) is 12.0. The minimum atomic E-state index is -0.834. The molecule has 11 nitrogen and oxygen atoms in total. The number of methoxy groups -OCH3 is 1. The van der Waals surface area contributed by atoms with E-state index < -0.39 is 54.5 Å². The van der Waals surface area contributed by atoms with E-state index in [9.17, 15) is 14.4 Å². The van der Waals surface area contributed by atoms with Gasteiger partial charge in [-0.2, -0.15) is 0 Å². The van der Waals surface area contributed by atoms with Crippen LogP contribution in [0.5, 0.6) is 5.75 Å². The average molecular weight is 508 g/mol. The van der Waals surface area contributed by atoms with Gasteiger partial charge in [-0.15, -0.1) is 0 Å². The molecular formula is C25H33NO10. The van der Waals surface area contributed by atoms with Gasteiger partial charge < -0.3 is 38.1 Å². The highest BCUT2D eigenvalue weighted by Crippen LogP contribution is 2.39. The highest BCUT2D eigenvalue weighted by atomic mass is 16.7. The molecule has 4 rings (SSSR count). The molecule has 1 amide bonds. The molecule has 0 bridgehead atoms. The maximum atomic E-state index is 13.3. The zero-order valence-corrected chi connectivity index (χ0v) is 21.1. The number of rotatable bonds is 8. The summed E-state index contributed by atoms with van der Waals surface area (Å²) in [6.07, 6.45) is -2.49.